The van der Waals surface area contributed by atoms with E-state index in [-0.39, 0.29) is 5.97 Å². The van der Waals surface area contributed by atoms with Gasteiger partial charge in [-0.25, -0.2) is 9.78 Å². The number of esters is 1. The highest BCUT2D eigenvalue weighted by Gasteiger charge is 2.12. The monoisotopic (exact) mass is 266 g/mol. The molecule has 3 rings (SSSR count). The van der Waals surface area contributed by atoms with Crippen LogP contribution >= 0.6 is 0 Å². The third-order valence-electron chi connectivity index (χ3n) is 3.31. The average Bonchev–Trinajstić information content (AvgIpc) is 2.90. The first-order chi connectivity index (χ1) is 9.69. The lowest BCUT2D eigenvalue weighted by Gasteiger charge is -2.05. The molecule has 0 fully saturated rings. The number of para-hydroxylation sites is 2. The molecule has 20 heavy (non-hydrogen) atoms. The van der Waals surface area contributed by atoms with Crippen LogP contribution < -0.4 is 0 Å². The van der Waals surface area contributed by atoms with Crippen LogP contribution in [0.5, 0.6) is 0 Å². The molecule has 0 saturated carbocycles. The number of benzene rings is 2. The minimum atomic E-state index is -0.333. The third kappa shape index (κ3) is 2.05. The number of aryl methyl sites for hydroxylation is 1. The van der Waals surface area contributed by atoms with Gasteiger partial charge in [0, 0.05) is 5.56 Å². The lowest BCUT2D eigenvalue weighted by Crippen LogP contribution is -2.04. The van der Waals surface area contributed by atoms with Gasteiger partial charge in [0.25, 0.3) is 0 Å². The highest BCUT2D eigenvalue weighted by molar-refractivity contribution is 5.92. The quantitative estimate of drug-likeness (QED) is 0.724. The van der Waals surface area contributed by atoms with Crippen LogP contribution in [0.2, 0.25) is 0 Å². The predicted octanol–water partition coefficient (Wildman–Crippen LogP) is 3.32. The largest absolute Gasteiger partial charge is 0.465 e. The number of aromatic nitrogens is 2. The molecule has 0 bridgehead atoms. The number of carbonyl (C=O) groups excluding carboxylic acids is 1. The van der Waals surface area contributed by atoms with Crippen molar-refractivity contribution in [1.82, 2.24) is 9.97 Å². The second-order valence-electron chi connectivity index (χ2n) is 4.62. The first-order valence-corrected chi connectivity index (χ1v) is 6.33. The number of hydrogen-bond donors (Lipinski definition) is 1. The molecule has 0 unspecified atom stereocenters. The van der Waals surface area contributed by atoms with Gasteiger partial charge in [-0.2, -0.15) is 0 Å². The smallest absolute Gasteiger partial charge is 0.338 e. The number of rotatable bonds is 2. The molecule has 0 spiro atoms. The van der Waals surface area contributed by atoms with Crippen LogP contribution in [0.3, 0.4) is 0 Å². The van der Waals surface area contributed by atoms with E-state index in [4.69, 9.17) is 4.74 Å². The summed E-state index contributed by atoms with van der Waals surface area (Å²) in [5.41, 5.74) is 4.19. The molecule has 0 radical (unpaired) electrons. The minimum absolute atomic E-state index is 0.333. The molecule has 3 aromatic rings. The number of fused-ring (bicyclic) bond motifs is 1. The van der Waals surface area contributed by atoms with Crippen LogP contribution in [0.1, 0.15) is 15.9 Å². The number of carbonyl (C=O) groups is 1. The molecular formula is C16H14N2O2. The van der Waals surface area contributed by atoms with E-state index in [9.17, 15) is 4.79 Å². The van der Waals surface area contributed by atoms with Gasteiger partial charge >= 0.3 is 5.97 Å². The van der Waals surface area contributed by atoms with Crippen LogP contribution in [0.4, 0.5) is 0 Å². The van der Waals surface area contributed by atoms with Crippen LogP contribution in [0.25, 0.3) is 22.4 Å². The van der Waals surface area contributed by atoms with Crippen LogP contribution in [0, 0.1) is 6.92 Å². The van der Waals surface area contributed by atoms with E-state index in [0.717, 1.165) is 28.0 Å². The molecule has 1 aromatic heterocycles. The number of ether oxygens (including phenoxy) is 1. The Morgan fingerprint density at radius 1 is 1.20 bits per heavy atom. The van der Waals surface area contributed by atoms with E-state index in [0.29, 0.717) is 5.56 Å². The molecule has 4 nitrogen and oxygen atoms in total. The molecular weight excluding hydrogens is 252 g/mol. The predicted molar refractivity (Wildman–Crippen MR) is 77.6 cm³/mol. The van der Waals surface area contributed by atoms with Crippen molar-refractivity contribution in [3.63, 3.8) is 0 Å². The number of aromatic amines is 1. The summed E-state index contributed by atoms with van der Waals surface area (Å²) in [4.78, 5) is 19.5. The second-order valence-corrected chi connectivity index (χ2v) is 4.62. The summed E-state index contributed by atoms with van der Waals surface area (Å²) in [6, 6.07) is 13.5. The van der Waals surface area contributed by atoms with E-state index < -0.39 is 0 Å². The van der Waals surface area contributed by atoms with E-state index in [1.807, 2.05) is 43.3 Å². The molecule has 1 N–H and O–H groups in total. The van der Waals surface area contributed by atoms with Crippen molar-refractivity contribution in [1.29, 1.82) is 0 Å². The van der Waals surface area contributed by atoms with Gasteiger partial charge < -0.3 is 9.72 Å². The number of H-pyrrole nitrogens is 1. The molecule has 2 aromatic carbocycles. The fraction of sp³-hybridized carbons (Fsp3) is 0.125. The SMILES string of the molecule is COC(=O)c1cc(-c2nc3ccccc3[nH]2)ccc1C. The topological polar surface area (TPSA) is 55.0 Å². The Labute approximate surface area is 116 Å². The molecule has 0 aliphatic carbocycles. The highest BCUT2D eigenvalue weighted by Crippen LogP contribution is 2.23. The first-order valence-electron chi connectivity index (χ1n) is 6.33. The van der Waals surface area contributed by atoms with Gasteiger partial charge in [0.1, 0.15) is 5.82 Å². The molecule has 4 heteroatoms. The first kappa shape index (κ1) is 12.4. The Kier molecular flexibility index (Phi) is 2.99. The zero-order valence-corrected chi connectivity index (χ0v) is 11.3. The van der Waals surface area contributed by atoms with Crippen molar-refractivity contribution < 1.29 is 9.53 Å². The van der Waals surface area contributed by atoms with Gasteiger partial charge in [-0.3, -0.25) is 0 Å². The van der Waals surface area contributed by atoms with Gasteiger partial charge in [-0.1, -0.05) is 24.3 Å². The van der Waals surface area contributed by atoms with Crippen LogP contribution in [0.15, 0.2) is 42.5 Å². The standard InChI is InChI=1S/C16H14N2O2/c1-10-7-8-11(9-12(10)16(19)20-2)15-17-13-5-3-4-6-14(13)18-15/h3-9H,1-2H3,(H,17,18). The summed E-state index contributed by atoms with van der Waals surface area (Å²) in [6.07, 6.45) is 0. The Balaban J connectivity index is 2.12. The van der Waals surface area contributed by atoms with Gasteiger partial charge in [0.05, 0.1) is 23.7 Å². The van der Waals surface area contributed by atoms with Crippen molar-refractivity contribution in [2.45, 2.75) is 6.92 Å². The highest BCUT2D eigenvalue weighted by atomic mass is 16.5. The van der Waals surface area contributed by atoms with Crippen molar-refractivity contribution in [3.05, 3.63) is 53.6 Å². The maximum absolute atomic E-state index is 11.7. The summed E-state index contributed by atoms with van der Waals surface area (Å²) in [5, 5.41) is 0. The third-order valence-corrected chi connectivity index (χ3v) is 3.31. The van der Waals surface area contributed by atoms with E-state index in [1.54, 1.807) is 6.07 Å². The molecule has 0 amide bonds. The van der Waals surface area contributed by atoms with Crippen LogP contribution in [-0.4, -0.2) is 23.0 Å². The fourth-order valence-electron chi connectivity index (χ4n) is 2.19. The number of methoxy groups -OCH3 is 1. The van der Waals surface area contributed by atoms with E-state index >= 15 is 0 Å². The van der Waals surface area contributed by atoms with Crippen molar-refractivity contribution >= 4 is 17.0 Å². The lowest BCUT2D eigenvalue weighted by molar-refractivity contribution is 0.0600. The fourth-order valence-corrected chi connectivity index (χ4v) is 2.19. The van der Waals surface area contributed by atoms with Gasteiger partial charge in [-0.15, -0.1) is 0 Å². The molecule has 0 saturated heterocycles. The Hall–Kier alpha value is -2.62. The zero-order valence-electron chi connectivity index (χ0n) is 11.3. The molecule has 0 aliphatic heterocycles. The van der Waals surface area contributed by atoms with Gasteiger partial charge in [-0.05, 0) is 30.7 Å². The summed E-state index contributed by atoms with van der Waals surface area (Å²) in [5.74, 6) is 0.414. The normalized spacial score (nSPS) is 10.7. The lowest BCUT2D eigenvalue weighted by atomic mass is 10.0. The number of imidazole rings is 1. The summed E-state index contributed by atoms with van der Waals surface area (Å²) >= 11 is 0. The van der Waals surface area contributed by atoms with Gasteiger partial charge in [0.2, 0.25) is 0 Å². The Morgan fingerprint density at radius 3 is 2.75 bits per heavy atom. The zero-order chi connectivity index (χ0) is 14.1. The Morgan fingerprint density at radius 2 is 2.00 bits per heavy atom. The maximum Gasteiger partial charge on any atom is 0.338 e. The molecule has 0 aliphatic rings. The van der Waals surface area contributed by atoms with E-state index in [1.165, 1.54) is 7.11 Å². The second kappa shape index (κ2) is 4.81. The molecule has 1 heterocycles. The number of nitrogens with zero attached hydrogens (tertiary/aromatic N) is 1. The van der Waals surface area contributed by atoms with Gasteiger partial charge in [0.15, 0.2) is 0 Å². The summed E-state index contributed by atoms with van der Waals surface area (Å²) in [6.45, 7) is 1.88. The molecule has 100 valence electrons. The minimum Gasteiger partial charge on any atom is -0.465 e. The van der Waals surface area contributed by atoms with Crippen molar-refractivity contribution in [2.24, 2.45) is 0 Å². The van der Waals surface area contributed by atoms with E-state index in [2.05, 4.69) is 9.97 Å². The summed E-state index contributed by atoms with van der Waals surface area (Å²) < 4.78 is 4.80. The van der Waals surface area contributed by atoms with Crippen molar-refractivity contribution in [3.8, 4) is 11.4 Å². The average molecular weight is 266 g/mol. The summed E-state index contributed by atoms with van der Waals surface area (Å²) in [7, 11) is 1.38. The van der Waals surface area contributed by atoms with Crippen molar-refractivity contribution in [2.75, 3.05) is 7.11 Å². The number of hydrogen-bond acceptors (Lipinski definition) is 3. The van der Waals surface area contributed by atoms with Crippen LogP contribution in [-0.2, 0) is 4.74 Å². The maximum atomic E-state index is 11.7. The Bertz CT molecular complexity index is 757. The number of nitrogens with one attached hydrogen (secondary N) is 1. The molecule has 0 atom stereocenters.